The van der Waals surface area contributed by atoms with E-state index in [1.165, 1.54) is 5.56 Å². The van der Waals surface area contributed by atoms with Crippen LogP contribution in [0.15, 0.2) is 42.6 Å². The van der Waals surface area contributed by atoms with Crippen molar-refractivity contribution in [2.75, 3.05) is 7.05 Å². The van der Waals surface area contributed by atoms with Crippen LogP contribution in [0.25, 0.3) is 0 Å². The van der Waals surface area contributed by atoms with Crippen LogP contribution in [0.4, 0.5) is 0 Å². The molecule has 3 nitrogen and oxygen atoms in total. The van der Waals surface area contributed by atoms with Crippen molar-refractivity contribution in [3.63, 3.8) is 0 Å². The second kappa shape index (κ2) is 5.46. The minimum absolute atomic E-state index is 0.626. The number of rotatable bonds is 4. The van der Waals surface area contributed by atoms with E-state index in [1.807, 2.05) is 43.4 Å². The molecule has 2 aromatic rings. The van der Waals surface area contributed by atoms with Crippen LogP contribution in [0.2, 0.25) is 0 Å². The van der Waals surface area contributed by atoms with Gasteiger partial charge in [-0.25, -0.2) is 4.98 Å². The zero-order chi connectivity index (χ0) is 12.1. The molecule has 1 heterocycles. The summed E-state index contributed by atoms with van der Waals surface area (Å²) in [4.78, 5) is 4.19. The molecule has 1 aromatic carbocycles. The van der Waals surface area contributed by atoms with E-state index in [1.54, 1.807) is 6.20 Å². The lowest BCUT2D eigenvalue weighted by molar-refractivity contribution is 0.462. The predicted octanol–water partition coefficient (Wildman–Crippen LogP) is 2.90. The van der Waals surface area contributed by atoms with Gasteiger partial charge >= 0.3 is 0 Å². The number of ether oxygens (including phenoxy) is 1. The van der Waals surface area contributed by atoms with E-state index in [0.29, 0.717) is 5.88 Å². The van der Waals surface area contributed by atoms with Crippen molar-refractivity contribution in [3.8, 4) is 11.6 Å². The molecule has 0 bridgehead atoms. The Labute approximate surface area is 101 Å². The SMILES string of the molecule is CNCc1ccnc(Oc2ccc(C)cc2)c1. The quantitative estimate of drug-likeness (QED) is 0.873. The smallest absolute Gasteiger partial charge is 0.219 e. The summed E-state index contributed by atoms with van der Waals surface area (Å²) in [6, 6.07) is 11.8. The largest absolute Gasteiger partial charge is 0.439 e. The first-order valence-electron chi connectivity index (χ1n) is 5.62. The molecular weight excluding hydrogens is 212 g/mol. The van der Waals surface area contributed by atoms with E-state index in [0.717, 1.165) is 17.9 Å². The summed E-state index contributed by atoms with van der Waals surface area (Å²) in [5, 5.41) is 3.10. The van der Waals surface area contributed by atoms with Crippen molar-refractivity contribution < 1.29 is 4.74 Å². The van der Waals surface area contributed by atoms with E-state index in [2.05, 4.69) is 17.2 Å². The molecule has 0 atom stereocenters. The minimum Gasteiger partial charge on any atom is -0.439 e. The molecule has 0 unspecified atom stereocenters. The molecule has 1 aromatic heterocycles. The number of aromatic nitrogens is 1. The summed E-state index contributed by atoms with van der Waals surface area (Å²) in [6.45, 7) is 2.86. The Morgan fingerprint density at radius 1 is 1.18 bits per heavy atom. The fourth-order valence-corrected chi connectivity index (χ4v) is 1.55. The second-order valence-electron chi connectivity index (χ2n) is 3.95. The van der Waals surface area contributed by atoms with Crippen molar-refractivity contribution in [2.24, 2.45) is 0 Å². The van der Waals surface area contributed by atoms with Gasteiger partial charge in [0.25, 0.3) is 0 Å². The summed E-state index contributed by atoms with van der Waals surface area (Å²) < 4.78 is 5.68. The lowest BCUT2D eigenvalue weighted by atomic mass is 10.2. The zero-order valence-corrected chi connectivity index (χ0v) is 10.1. The predicted molar refractivity (Wildman–Crippen MR) is 68.3 cm³/mol. The van der Waals surface area contributed by atoms with Crippen molar-refractivity contribution in [2.45, 2.75) is 13.5 Å². The molecule has 0 saturated heterocycles. The van der Waals surface area contributed by atoms with Gasteiger partial charge in [0, 0.05) is 18.8 Å². The van der Waals surface area contributed by atoms with Crippen LogP contribution in [0.1, 0.15) is 11.1 Å². The third-order valence-electron chi connectivity index (χ3n) is 2.42. The fourth-order valence-electron chi connectivity index (χ4n) is 1.55. The topological polar surface area (TPSA) is 34.2 Å². The Morgan fingerprint density at radius 3 is 2.65 bits per heavy atom. The molecule has 0 spiro atoms. The highest BCUT2D eigenvalue weighted by molar-refractivity contribution is 5.31. The van der Waals surface area contributed by atoms with Crippen LogP contribution in [-0.4, -0.2) is 12.0 Å². The summed E-state index contributed by atoms with van der Waals surface area (Å²) in [5.41, 5.74) is 2.37. The first kappa shape index (κ1) is 11.6. The Hall–Kier alpha value is -1.87. The molecular formula is C14H16N2O. The van der Waals surface area contributed by atoms with E-state index >= 15 is 0 Å². The molecule has 1 N–H and O–H groups in total. The van der Waals surface area contributed by atoms with Gasteiger partial charge in [0.15, 0.2) is 0 Å². The number of hydrogen-bond acceptors (Lipinski definition) is 3. The Bertz CT molecular complexity index is 480. The second-order valence-corrected chi connectivity index (χ2v) is 3.95. The number of benzene rings is 1. The Kier molecular flexibility index (Phi) is 3.73. The van der Waals surface area contributed by atoms with Gasteiger partial charge in [-0.15, -0.1) is 0 Å². The summed E-state index contributed by atoms with van der Waals surface area (Å²) in [7, 11) is 1.92. The number of pyridine rings is 1. The lowest BCUT2D eigenvalue weighted by Gasteiger charge is -2.06. The minimum atomic E-state index is 0.626. The zero-order valence-electron chi connectivity index (χ0n) is 10.1. The van der Waals surface area contributed by atoms with Crippen LogP contribution in [0.5, 0.6) is 11.6 Å². The fraction of sp³-hybridized carbons (Fsp3) is 0.214. The van der Waals surface area contributed by atoms with Crippen LogP contribution in [0, 0.1) is 6.92 Å². The lowest BCUT2D eigenvalue weighted by Crippen LogP contribution is -2.05. The monoisotopic (exact) mass is 228 g/mol. The average molecular weight is 228 g/mol. The van der Waals surface area contributed by atoms with Gasteiger partial charge in [-0.2, -0.15) is 0 Å². The highest BCUT2D eigenvalue weighted by Crippen LogP contribution is 2.20. The first-order valence-corrected chi connectivity index (χ1v) is 5.62. The molecule has 2 rings (SSSR count). The van der Waals surface area contributed by atoms with E-state index in [-0.39, 0.29) is 0 Å². The van der Waals surface area contributed by atoms with Gasteiger partial charge in [-0.05, 0) is 37.7 Å². The van der Waals surface area contributed by atoms with Gasteiger partial charge in [0.05, 0.1) is 0 Å². The maximum Gasteiger partial charge on any atom is 0.219 e. The van der Waals surface area contributed by atoms with Crippen molar-refractivity contribution in [1.29, 1.82) is 0 Å². The highest BCUT2D eigenvalue weighted by Gasteiger charge is 1.99. The Morgan fingerprint density at radius 2 is 1.94 bits per heavy atom. The maximum absolute atomic E-state index is 5.68. The molecule has 0 radical (unpaired) electrons. The van der Waals surface area contributed by atoms with Gasteiger partial charge in [-0.3, -0.25) is 0 Å². The third kappa shape index (κ3) is 3.29. The van der Waals surface area contributed by atoms with Crippen molar-refractivity contribution >= 4 is 0 Å². The van der Waals surface area contributed by atoms with Gasteiger partial charge in [-0.1, -0.05) is 17.7 Å². The van der Waals surface area contributed by atoms with Gasteiger partial charge < -0.3 is 10.1 Å². The molecule has 0 aliphatic rings. The van der Waals surface area contributed by atoms with Crippen LogP contribution >= 0.6 is 0 Å². The molecule has 0 fully saturated rings. The van der Waals surface area contributed by atoms with Crippen LogP contribution < -0.4 is 10.1 Å². The van der Waals surface area contributed by atoms with E-state index < -0.39 is 0 Å². The Balaban J connectivity index is 2.12. The number of nitrogens with zero attached hydrogens (tertiary/aromatic N) is 1. The molecule has 3 heteroatoms. The summed E-state index contributed by atoms with van der Waals surface area (Å²) >= 11 is 0. The summed E-state index contributed by atoms with van der Waals surface area (Å²) in [6.07, 6.45) is 1.76. The van der Waals surface area contributed by atoms with Crippen LogP contribution in [0.3, 0.4) is 0 Å². The van der Waals surface area contributed by atoms with E-state index in [4.69, 9.17) is 4.74 Å². The molecule has 0 aliphatic heterocycles. The molecule has 0 amide bonds. The third-order valence-corrected chi connectivity index (χ3v) is 2.42. The number of nitrogens with one attached hydrogen (secondary N) is 1. The van der Waals surface area contributed by atoms with Gasteiger partial charge in [0.2, 0.25) is 5.88 Å². The molecule has 0 saturated carbocycles. The summed E-state index contributed by atoms with van der Waals surface area (Å²) in [5.74, 6) is 1.44. The van der Waals surface area contributed by atoms with Crippen molar-refractivity contribution in [3.05, 3.63) is 53.7 Å². The van der Waals surface area contributed by atoms with Crippen molar-refractivity contribution in [1.82, 2.24) is 10.3 Å². The maximum atomic E-state index is 5.68. The van der Waals surface area contributed by atoms with E-state index in [9.17, 15) is 0 Å². The number of aryl methyl sites for hydroxylation is 1. The average Bonchev–Trinajstić information content (AvgIpc) is 2.33. The van der Waals surface area contributed by atoms with Gasteiger partial charge in [0.1, 0.15) is 5.75 Å². The van der Waals surface area contributed by atoms with Crippen LogP contribution in [-0.2, 0) is 6.54 Å². The standard InChI is InChI=1S/C14H16N2O/c1-11-3-5-13(6-4-11)17-14-9-12(10-15-2)7-8-16-14/h3-9,15H,10H2,1-2H3. The molecule has 0 aliphatic carbocycles. The molecule has 88 valence electrons. The number of hydrogen-bond donors (Lipinski definition) is 1. The molecule has 17 heavy (non-hydrogen) atoms. The normalized spacial score (nSPS) is 10.2. The first-order chi connectivity index (χ1) is 8.28. The highest BCUT2D eigenvalue weighted by atomic mass is 16.5.